The number of aromatic nitrogens is 2. The van der Waals surface area contributed by atoms with E-state index in [4.69, 9.17) is 21.7 Å². The first-order chi connectivity index (χ1) is 12.5. The van der Waals surface area contributed by atoms with Gasteiger partial charge in [0.05, 0.1) is 31.4 Å². The van der Waals surface area contributed by atoms with Crippen LogP contribution in [0.1, 0.15) is 12.5 Å². The minimum atomic E-state index is 0.620. The average Bonchev–Trinajstić information content (AvgIpc) is 2.88. The third kappa shape index (κ3) is 3.61. The summed E-state index contributed by atoms with van der Waals surface area (Å²) in [5, 5.41) is 0. The predicted octanol–water partition coefficient (Wildman–Crippen LogP) is 4.21. The van der Waals surface area contributed by atoms with Gasteiger partial charge in [0.1, 0.15) is 0 Å². The second kappa shape index (κ2) is 7.93. The van der Waals surface area contributed by atoms with Crippen molar-refractivity contribution in [3.63, 3.8) is 0 Å². The molecule has 0 amide bonds. The largest absolute Gasteiger partial charge is 0.493 e. The molecule has 0 aliphatic carbocycles. The Morgan fingerprint density at radius 1 is 1.08 bits per heavy atom. The molecular formula is C20H25N3O2S. The topological polar surface area (TPSA) is 31.6 Å². The fourth-order valence-corrected chi connectivity index (χ4v) is 3.44. The summed E-state index contributed by atoms with van der Waals surface area (Å²) in [6.07, 6.45) is 0. The van der Waals surface area contributed by atoms with Gasteiger partial charge in [0.15, 0.2) is 16.3 Å². The highest BCUT2D eigenvalue weighted by Crippen LogP contribution is 2.28. The Bertz CT molecular complexity index is 961. The van der Waals surface area contributed by atoms with Gasteiger partial charge >= 0.3 is 0 Å². The van der Waals surface area contributed by atoms with Crippen LogP contribution < -0.4 is 9.47 Å². The van der Waals surface area contributed by atoms with Crippen molar-refractivity contribution in [1.82, 2.24) is 14.0 Å². The van der Waals surface area contributed by atoms with E-state index in [1.165, 1.54) is 5.56 Å². The van der Waals surface area contributed by atoms with E-state index in [2.05, 4.69) is 39.3 Å². The van der Waals surface area contributed by atoms with Crippen molar-refractivity contribution in [3.05, 3.63) is 52.8 Å². The van der Waals surface area contributed by atoms with E-state index in [1.54, 1.807) is 7.11 Å². The molecular weight excluding hydrogens is 346 g/mol. The Labute approximate surface area is 159 Å². The van der Waals surface area contributed by atoms with Gasteiger partial charge in [0.25, 0.3) is 0 Å². The minimum Gasteiger partial charge on any atom is -0.493 e. The number of benzene rings is 2. The van der Waals surface area contributed by atoms with Crippen LogP contribution in [0.3, 0.4) is 0 Å². The van der Waals surface area contributed by atoms with Crippen molar-refractivity contribution in [2.75, 3.05) is 20.8 Å². The first-order valence-corrected chi connectivity index (χ1v) is 9.08. The highest BCUT2D eigenvalue weighted by molar-refractivity contribution is 7.71. The van der Waals surface area contributed by atoms with Crippen LogP contribution in [0, 0.1) is 4.77 Å². The standard InChI is InChI=1S/C20H25N3O2S/c1-5-25-18-11-10-15(12-19(18)24-4)13-21(2)14-23-17-9-7-6-8-16(17)22(3)20(23)26/h6-12H,5,13-14H2,1-4H3. The zero-order valence-corrected chi connectivity index (χ0v) is 16.5. The van der Waals surface area contributed by atoms with Crippen LogP contribution in [0.25, 0.3) is 11.0 Å². The monoisotopic (exact) mass is 371 g/mol. The van der Waals surface area contributed by atoms with Crippen LogP contribution in [0.15, 0.2) is 42.5 Å². The Balaban J connectivity index is 1.81. The molecule has 0 aliphatic rings. The summed E-state index contributed by atoms with van der Waals surface area (Å²) < 4.78 is 16.1. The Kier molecular flexibility index (Phi) is 5.64. The number of rotatable bonds is 7. The predicted molar refractivity (Wildman–Crippen MR) is 107 cm³/mol. The van der Waals surface area contributed by atoms with E-state index in [0.29, 0.717) is 6.61 Å². The molecule has 0 bridgehead atoms. The highest BCUT2D eigenvalue weighted by atomic mass is 32.1. The van der Waals surface area contributed by atoms with Crippen LogP contribution in [0.5, 0.6) is 11.5 Å². The van der Waals surface area contributed by atoms with E-state index in [1.807, 2.05) is 38.2 Å². The summed E-state index contributed by atoms with van der Waals surface area (Å²) in [4.78, 5) is 2.23. The molecule has 3 rings (SSSR count). The third-order valence-electron chi connectivity index (χ3n) is 4.41. The molecule has 0 saturated carbocycles. The van der Waals surface area contributed by atoms with Gasteiger partial charge in [0, 0.05) is 13.6 Å². The Morgan fingerprint density at radius 2 is 1.81 bits per heavy atom. The second-order valence-electron chi connectivity index (χ2n) is 6.33. The first-order valence-electron chi connectivity index (χ1n) is 8.67. The zero-order chi connectivity index (χ0) is 18.7. The summed E-state index contributed by atoms with van der Waals surface area (Å²) in [6.45, 7) is 4.09. The lowest BCUT2D eigenvalue weighted by atomic mass is 10.2. The quantitative estimate of drug-likeness (QED) is 0.583. The number of aryl methyl sites for hydroxylation is 1. The maximum Gasteiger partial charge on any atom is 0.181 e. The normalized spacial score (nSPS) is 11.3. The van der Waals surface area contributed by atoms with Gasteiger partial charge in [-0.25, -0.2) is 0 Å². The molecule has 5 nitrogen and oxygen atoms in total. The van der Waals surface area contributed by atoms with Crippen molar-refractivity contribution in [2.24, 2.45) is 7.05 Å². The highest BCUT2D eigenvalue weighted by Gasteiger charge is 2.11. The molecule has 1 aromatic heterocycles. The lowest BCUT2D eigenvalue weighted by Gasteiger charge is -2.19. The van der Waals surface area contributed by atoms with Crippen LogP contribution in [0.2, 0.25) is 0 Å². The summed E-state index contributed by atoms with van der Waals surface area (Å²) >= 11 is 5.63. The Morgan fingerprint density at radius 3 is 2.50 bits per heavy atom. The molecule has 0 atom stereocenters. The van der Waals surface area contributed by atoms with Gasteiger partial charge in [-0.1, -0.05) is 18.2 Å². The molecule has 26 heavy (non-hydrogen) atoms. The molecule has 1 heterocycles. The fraction of sp³-hybridized carbons (Fsp3) is 0.350. The fourth-order valence-electron chi connectivity index (χ4n) is 3.19. The molecule has 0 unspecified atom stereocenters. The lowest BCUT2D eigenvalue weighted by molar-refractivity contribution is 0.261. The third-order valence-corrected chi connectivity index (χ3v) is 4.91. The number of methoxy groups -OCH3 is 1. The maximum atomic E-state index is 5.63. The lowest BCUT2D eigenvalue weighted by Crippen LogP contribution is -2.21. The molecule has 3 aromatic rings. The van der Waals surface area contributed by atoms with Crippen molar-refractivity contribution in [2.45, 2.75) is 20.1 Å². The molecule has 0 aliphatic heterocycles. The van der Waals surface area contributed by atoms with Gasteiger partial charge in [-0.3, -0.25) is 4.90 Å². The van der Waals surface area contributed by atoms with Crippen molar-refractivity contribution < 1.29 is 9.47 Å². The first kappa shape index (κ1) is 18.5. The second-order valence-corrected chi connectivity index (χ2v) is 6.70. The average molecular weight is 372 g/mol. The van der Waals surface area contributed by atoms with E-state index >= 15 is 0 Å². The zero-order valence-electron chi connectivity index (χ0n) is 15.7. The van der Waals surface area contributed by atoms with E-state index in [0.717, 1.165) is 40.5 Å². The van der Waals surface area contributed by atoms with E-state index in [-0.39, 0.29) is 0 Å². The molecule has 0 radical (unpaired) electrons. The van der Waals surface area contributed by atoms with Crippen LogP contribution in [0.4, 0.5) is 0 Å². The number of imidazole rings is 1. The molecule has 0 N–H and O–H groups in total. The number of fused-ring (bicyclic) bond motifs is 1. The van der Waals surface area contributed by atoms with Gasteiger partial charge in [-0.2, -0.15) is 0 Å². The van der Waals surface area contributed by atoms with Gasteiger partial charge < -0.3 is 18.6 Å². The van der Waals surface area contributed by atoms with Gasteiger partial charge in [-0.05, 0) is 56.0 Å². The number of hydrogen-bond donors (Lipinski definition) is 0. The number of hydrogen-bond acceptors (Lipinski definition) is 4. The molecule has 0 spiro atoms. The van der Waals surface area contributed by atoms with Crippen molar-refractivity contribution in [1.29, 1.82) is 0 Å². The van der Waals surface area contributed by atoms with Crippen LogP contribution in [-0.4, -0.2) is 34.8 Å². The van der Waals surface area contributed by atoms with E-state index < -0.39 is 0 Å². The number of para-hydroxylation sites is 2. The number of nitrogens with zero attached hydrogens (tertiary/aromatic N) is 3. The minimum absolute atomic E-state index is 0.620. The molecule has 138 valence electrons. The smallest absolute Gasteiger partial charge is 0.181 e. The molecule has 0 saturated heterocycles. The molecule has 6 heteroatoms. The number of ether oxygens (including phenoxy) is 2. The SMILES string of the molecule is CCOc1ccc(CN(C)Cn2c(=S)n(C)c3ccccc32)cc1OC. The molecule has 2 aromatic carbocycles. The summed E-state index contributed by atoms with van der Waals surface area (Å²) in [7, 11) is 5.77. The summed E-state index contributed by atoms with van der Waals surface area (Å²) in [5.41, 5.74) is 3.46. The van der Waals surface area contributed by atoms with Crippen LogP contribution in [-0.2, 0) is 20.3 Å². The van der Waals surface area contributed by atoms with Crippen LogP contribution >= 0.6 is 12.2 Å². The van der Waals surface area contributed by atoms with E-state index in [9.17, 15) is 0 Å². The maximum absolute atomic E-state index is 5.63. The van der Waals surface area contributed by atoms with Crippen molar-refractivity contribution in [3.8, 4) is 11.5 Å². The summed E-state index contributed by atoms with van der Waals surface area (Å²) in [5.74, 6) is 1.54. The van der Waals surface area contributed by atoms with Gasteiger partial charge in [0.2, 0.25) is 0 Å². The Hall–Kier alpha value is -2.31. The van der Waals surface area contributed by atoms with Crippen molar-refractivity contribution >= 4 is 23.3 Å². The molecule has 0 fully saturated rings. The van der Waals surface area contributed by atoms with Gasteiger partial charge in [-0.15, -0.1) is 0 Å². The summed E-state index contributed by atoms with van der Waals surface area (Å²) in [6, 6.07) is 14.4.